The van der Waals surface area contributed by atoms with Gasteiger partial charge in [-0.1, -0.05) is 18.9 Å². The maximum absolute atomic E-state index is 10.5. The molecule has 0 radical (unpaired) electrons. The van der Waals surface area contributed by atoms with Gasteiger partial charge in [0.25, 0.3) is 0 Å². The Morgan fingerprint density at radius 2 is 1.72 bits per heavy atom. The van der Waals surface area contributed by atoms with Crippen LogP contribution in [0, 0.1) is 0 Å². The van der Waals surface area contributed by atoms with Crippen molar-refractivity contribution in [3.8, 4) is 17.2 Å². The quantitative estimate of drug-likeness (QED) is 0.470. The van der Waals surface area contributed by atoms with Gasteiger partial charge < -0.3 is 24.6 Å². The molecule has 0 spiro atoms. The number of aliphatic carboxylic acids is 1. The Labute approximate surface area is 185 Å². The van der Waals surface area contributed by atoms with Crippen LogP contribution < -0.4 is 19.5 Å². The molecule has 0 aromatic heterocycles. The summed E-state index contributed by atoms with van der Waals surface area (Å²) in [7, 11) is 3.26. The number of hydrogen-bond acceptors (Lipinski definition) is 6. The molecule has 0 atom stereocenters. The fraction of sp³-hybridized carbons (Fsp3) is 0.650. The number of carboxylic acid groups (broad SMARTS) is 1. The van der Waals surface area contributed by atoms with Gasteiger partial charge in [0.2, 0.25) is 5.75 Å². The summed E-state index contributed by atoms with van der Waals surface area (Å²) in [5.41, 5.74) is 1.10. The topological polar surface area (TPSA) is 80.3 Å². The molecular weight excluding hydrogens is 419 g/mol. The Balaban J connectivity index is 0.00000392. The zero-order valence-corrected chi connectivity index (χ0v) is 18.9. The van der Waals surface area contributed by atoms with Crippen LogP contribution in [0.5, 0.6) is 17.2 Å². The third-order valence-corrected chi connectivity index (χ3v) is 4.72. The number of hydrogen-bond donors (Lipinski definition) is 2. The van der Waals surface area contributed by atoms with E-state index < -0.39 is 5.97 Å². The summed E-state index contributed by atoms with van der Waals surface area (Å²) in [6.07, 6.45) is 3.68. The molecule has 2 rings (SSSR count). The van der Waals surface area contributed by atoms with Crippen LogP contribution in [0.1, 0.15) is 37.7 Å². The lowest BCUT2D eigenvalue weighted by Crippen LogP contribution is -2.42. The largest absolute Gasteiger partial charge is 0.493 e. The number of rotatable bonds is 12. The number of benzene rings is 1. The van der Waals surface area contributed by atoms with Crippen LogP contribution in [0.15, 0.2) is 12.1 Å². The van der Waals surface area contributed by atoms with Crippen molar-refractivity contribution in [3.63, 3.8) is 0 Å². The van der Waals surface area contributed by atoms with Gasteiger partial charge in [-0.15, -0.1) is 24.8 Å². The second kappa shape index (κ2) is 15.4. The molecule has 29 heavy (non-hydrogen) atoms. The Kier molecular flexibility index (Phi) is 14.7. The van der Waals surface area contributed by atoms with Gasteiger partial charge in [0, 0.05) is 44.7 Å². The first kappa shape index (κ1) is 27.6. The summed E-state index contributed by atoms with van der Waals surface area (Å²) >= 11 is 0. The van der Waals surface area contributed by atoms with E-state index in [2.05, 4.69) is 10.2 Å². The lowest BCUT2D eigenvalue weighted by Gasteiger charge is -2.28. The summed E-state index contributed by atoms with van der Waals surface area (Å²) in [5.74, 6) is 1.32. The van der Waals surface area contributed by atoms with E-state index in [9.17, 15) is 4.79 Å². The molecule has 1 aromatic rings. The summed E-state index contributed by atoms with van der Waals surface area (Å²) in [6.45, 7) is 5.41. The normalized spacial score (nSPS) is 13.7. The molecule has 168 valence electrons. The second-order valence-corrected chi connectivity index (χ2v) is 6.72. The van der Waals surface area contributed by atoms with Crippen molar-refractivity contribution in [1.82, 2.24) is 10.2 Å². The van der Waals surface area contributed by atoms with E-state index in [0.717, 1.165) is 63.3 Å². The van der Waals surface area contributed by atoms with Crippen LogP contribution in [0.3, 0.4) is 0 Å². The number of halogens is 2. The van der Waals surface area contributed by atoms with Crippen molar-refractivity contribution in [2.45, 2.75) is 38.6 Å². The van der Waals surface area contributed by atoms with Gasteiger partial charge in [-0.3, -0.25) is 9.69 Å². The van der Waals surface area contributed by atoms with Gasteiger partial charge in [-0.2, -0.15) is 0 Å². The van der Waals surface area contributed by atoms with Gasteiger partial charge in [-0.05, 0) is 18.9 Å². The van der Waals surface area contributed by atoms with E-state index in [1.807, 2.05) is 12.1 Å². The number of ether oxygens (including phenoxy) is 3. The number of carboxylic acids is 1. The van der Waals surface area contributed by atoms with Crippen LogP contribution in [0.25, 0.3) is 0 Å². The van der Waals surface area contributed by atoms with E-state index in [1.165, 1.54) is 0 Å². The van der Waals surface area contributed by atoms with E-state index in [4.69, 9.17) is 19.3 Å². The molecule has 2 N–H and O–H groups in total. The Morgan fingerprint density at radius 1 is 1.03 bits per heavy atom. The molecule has 1 fully saturated rings. The minimum atomic E-state index is -0.732. The van der Waals surface area contributed by atoms with E-state index in [-0.39, 0.29) is 31.2 Å². The van der Waals surface area contributed by atoms with Crippen molar-refractivity contribution in [2.75, 3.05) is 47.0 Å². The molecule has 0 aliphatic carbocycles. The first-order valence-electron chi connectivity index (χ1n) is 9.67. The fourth-order valence-electron chi connectivity index (χ4n) is 3.24. The fourth-order valence-corrected chi connectivity index (χ4v) is 3.24. The number of methoxy groups -OCH3 is 2. The van der Waals surface area contributed by atoms with Crippen molar-refractivity contribution < 1.29 is 24.1 Å². The molecule has 9 heteroatoms. The monoisotopic (exact) mass is 452 g/mol. The average Bonchev–Trinajstić information content (AvgIpc) is 2.68. The van der Waals surface area contributed by atoms with E-state index in [0.29, 0.717) is 24.5 Å². The average molecular weight is 453 g/mol. The molecule has 0 unspecified atom stereocenters. The third kappa shape index (κ3) is 9.30. The first-order chi connectivity index (χ1) is 13.2. The van der Waals surface area contributed by atoms with Crippen LogP contribution in [0.2, 0.25) is 0 Å². The molecule has 1 aliphatic heterocycles. The van der Waals surface area contributed by atoms with Crippen LogP contribution >= 0.6 is 24.8 Å². The number of piperazine rings is 1. The molecule has 1 saturated heterocycles. The summed E-state index contributed by atoms with van der Waals surface area (Å²) < 4.78 is 17.1. The first-order valence-corrected chi connectivity index (χ1v) is 9.67. The zero-order valence-electron chi connectivity index (χ0n) is 17.3. The molecular formula is C20H34Cl2N2O5. The molecule has 0 amide bonds. The predicted octanol–water partition coefficient (Wildman–Crippen LogP) is 3.37. The smallest absolute Gasteiger partial charge is 0.303 e. The summed E-state index contributed by atoms with van der Waals surface area (Å²) in [4.78, 5) is 12.9. The van der Waals surface area contributed by atoms with Gasteiger partial charge in [-0.25, -0.2) is 0 Å². The van der Waals surface area contributed by atoms with Crippen molar-refractivity contribution in [1.29, 1.82) is 0 Å². The number of nitrogens with one attached hydrogen (secondary N) is 1. The van der Waals surface area contributed by atoms with Gasteiger partial charge in [0.15, 0.2) is 11.5 Å². The molecule has 0 saturated carbocycles. The SMILES string of the molecule is COc1ccc(CN2CCNCC2)c(OCCCCCCC(=O)O)c1OC.Cl.Cl. The maximum Gasteiger partial charge on any atom is 0.303 e. The van der Waals surface area contributed by atoms with Gasteiger partial charge >= 0.3 is 5.97 Å². The van der Waals surface area contributed by atoms with Gasteiger partial charge in [0.1, 0.15) is 0 Å². The Hall–Kier alpha value is -1.41. The number of carbonyl (C=O) groups is 1. The van der Waals surface area contributed by atoms with Crippen molar-refractivity contribution in [3.05, 3.63) is 17.7 Å². The number of nitrogens with zero attached hydrogens (tertiary/aromatic N) is 1. The Bertz CT molecular complexity index is 598. The molecule has 7 nitrogen and oxygen atoms in total. The van der Waals surface area contributed by atoms with E-state index >= 15 is 0 Å². The zero-order chi connectivity index (χ0) is 19.5. The molecule has 1 aromatic carbocycles. The maximum atomic E-state index is 10.5. The highest BCUT2D eigenvalue weighted by atomic mass is 35.5. The predicted molar refractivity (Wildman–Crippen MR) is 118 cm³/mol. The lowest BCUT2D eigenvalue weighted by atomic mass is 10.1. The van der Waals surface area contributed by atoms with Crippen LogP contribution in [0.4, 0.5) is 0 Å². The highest BCUT2D eigenvalue weighted by Crippen LogP contribution is 2.40. The number of unbranched alkanes of at least 4 members (excludes halogenated alkanes) is 3. The highest BCUT2D eigenvalue weighted by Gasteiger charge is 2.19. The minimum absolute atomic E-state index is 0. The lowest BCUT2D eigenvalue weighted by molar-refractivity contribution is -0.137. The van der Waals surface area contributed by atoms with Gasteiger partial charge in [0.05, 0.1) is 20.8 Å². The Morgan fingerprint density at radius 3 is 2.34 bits per heavy atom. The molecule has 1 heterocycles. The second-order valence-electron chi connectivity index (χ2n) is 6.72. The van der Waals surface area contributed by atoms with Crippen LogP contribution in [-0.2, 0) is 11.3 Å². The molecule has 0 bridgehead atoms. The van der Waals surface area contributed by atoms with Crippen molar-refractivity contribution >= 4 is 30.8 Å². The van der Waals surface area contributed by atoms with Crippen molar-refractivity contribution in [2.24, 2.45) is 0 Å². The van der Waals surface area contributed by atoms with E-state index in [1.54, 1.807) is 14.2 Å². The highest BCUT2D eigenvalue weighted by molar-refractivity contribution is 5.85. The molecule has 1 aliphatic rings. The minimum Gasteiger partial charge on any atom is -0.493 e. The summed E-state index contributed by atoms with van der Waals surface area (Å²) in [5, 5.41) is 12.0. The van der Waals surface area contributed by atoms with Crippen LogP contribution in [-0.4, -0.2) is 63.0 Å². The summed E-state index contributed by atoms with van der Waals surface area (Å²) in [6, 6.07) is 3.97. The third-order valence-electron chi connectivity index (χ3n) is 4.72. The standard InChI is InChI=1S/C20H32N2O5.2ClH/c1-25-17-9-8-16(15-22-12-10-21-11-13-22)19(20(17)26-2)27-14-6-4-3-5-7-18(23)24;;/h8-9,21H,3-7,10-15H2,1-2H3,(H,23,24);2*1H.